The molecule has 1 aromatic carbocycles. The Balaban J connectivity index is 1.71. The van der Waals surface area contributed by atoms with Gasteiger partial charge in [-0.15, -0.1) is 0 Å². The second kappa shape index (κ2) is 8.05. The average molecular weight is 274 g/mol. The Bertz CT molecular complexity index is 397. The van der Waals surface area contributed by atoms with Gasteiger partial charge in [0.1, 0.15) is 0 Å². The van der Waals surface area contributed by atoms with Crippen molar-refractivity contribution < 1.29 is 4.79 Å². The number of carbonyl (C=O) groups is 1. The third-order valence-corrected chi connectivity index (χ3v) is 4.05. The van der Waals surface area contributed by atoms with Gasteiger partial charge in [-0.25, -0.2) is 0 Å². The fourth-order valence-corrected chi connectivity index (χ4v) is 2.73. The first-order valence-corrected chi connectivity index (χ1v) is 7.81. The van der Waals surface area contributed by atoms with Crippen molar-refractivity contribution >= 4 is 5.91 Å². The SMILES string of the molecule is CC(CNCC(=O)N1CCCCCC1)c1ccccc1. The minimum atomic E-state index is 0.257. The molecule has 0 saturated carbocycles. The molecule has 1 N–H and O–H groups in total. The molecule has 2 rings (SSSR count). The summed E-state index contributed by atoms with van der Waals surface area (Å²) >= 11 is 0. The first kappa shape index (κ1) is 15.0. The molecule has 1 atom stereocenters. The zero-order valence-corrected chi connectivity index (χ0v) is 12.5. The molecule has 1 aliphatic heterocycles. The maximum absolute atomic E-state index is 12.1. The van der Waals surface area contributed by atoms with Gasteiger partial charge in [0.2, 0.25) is 5.91 Å². The maximum atomic E-state index is 12.1. The zero-order valence-electron chi connectivity index (χ0n) is 12.5. The summed E-state index contributed by atoms with van der Waals surface area (Å²) in [5.41, 5.74) is 1.32. The molecule has 1 saturated heterocycles. The van der Waals surface area contributed by atoms with Gasteiger partial charge < -0.3 is 10.2 Å². The largest absolute Gasteiger partial charge is 0.342 e. The van der Waals surface area contributed by atoms with Gasteiger partial charge in [-0.05, 0) is 24.3 Å². The maximum Gasteiger partial charge on any atom is 0.236 e. The van der Waals surface area contributed by atoms with E-state index in [4.69, 9.17) is 0 Å². The van der Waals surface area contributed by atoms with Gasteiger partial charge in [-0.1, -0.05) is 50.1 Å². The van der Waals surface area contributed by atoms with Gasteiger partial charge in [-0.2, -0.15) is 0 Å². The molecule has 0 spiro atoms. The van der Waals surface area contributed by atoms with E-state index in [9.17, 15) is 4.79 Å². The van der Waals surface area contributed by atoms with Crippen LogP contribution in [0.25, 0.3) is 0 Å². The normalized spacial score (nSPS) is 17.6. The van der Waals surface area contributed by atoms with Crippen molar-refractivity contribution in [2.75, 3.05) is 26.2 Å². The van der Waals surface area contributed by atoms with Gasteiger partial charge >= 0.3 is 0 Å². The molecule has 1 heterocycles. The first-order chi connectivity index (χ1) is 9.77. The van der Waals surface area contributed by atoms with E-state index in [0.717, 1.165) is 32.5 Å². The molecule has 0 aliphatic carbocycles. The van der Waals surface area contributed by atoms with Crippen molar-refractivity contribution in [2.45, 2.75) is 38.5 Å². The zero-order chi connectivity index (χ0) is 14.2. The van der Waals surface area contributed by atoms with Crippen LogP contribution in [0.4, 0.5) is 0 Å². The highest BCUT2D eigenvalue weighted by Gasteiger charge is 2.15. The number of amides is 1. The Labute approximate surface area is 122 Å². The van der Waals surface area contributed by atoms with Crippen molar-refractivity contribution in [2.24, 2.45) is 0 Å². The van der Waals surface area contributed by atoms with Crippen LogP contribution in [0.5, 0.6) is 0 Å². The van der Waals surface area contributed by atoms with Gasteiger partial charge in [0.05, 0.1) is 6.54 Å². The Hall–Kier alpha value is -1.35. The summed E-state index contributed by atoms with van der Waals surface area (Å²) in [5, 5.41) is 3.31. The summed E-state index contributed by atoms with van der Waals surface area (Å²) in [6.07, 6.45) is 4.85. The topological polar surface area (TPSA) is 32.3 Å². The van der Waals surface area contributed by atoms with E-state index in [-0.39, 0.29) is 5.91 Å². The standard InChI is InChI=1S/C17H26N2O/c1-15(16-9-5-4-6-10-16)13-18-14-17(20)19-11-7-2-3-8-12-19/h4-6,9-10,15,18H,2-3,7-8,11-14H2,1H3. The third-order valence-electron chi connectivity index (χ3n) is 4.05. The summed E-state index contributed by atoms with van der Waals surface area (Å²) < 4.78 is 0. The highest BCUT2D eigenvalue weighted by molar-refractivity contribution is 5.78. The van der Waals surface area contributed by atoms with Crippen molar-refractivity contribution in [3.8, 4) is 0 Å². The molecule has 1 aliphatic rings. The van der Waals surface area contributed by atoms with Gasteiger partial charge in [-0.3, -0.25) is 4.79 Å². The average Bonchev–Trinajstić information content (AvgIpc) is 2.77. The second-order valence-electron chi connectivity index (χ2n) is 5.74. The number of hydrogen-bond acceptors (Lipinski definition) is 2. The Morgan fingerprint density at radius 2 is 1.80 bits per heavy atom. The van der Waals surface area contributed by atoms with Crippen LogP contribution in [0.1, 0.15) is 44.1 Å². The second-order valence-corrected chi connectivity index (χ2v) is 5.74. The molecule has 1 fully saturated rings. The summed E-state index contributed by atoms with van der Waals surface area (Å²) in [7, 11) is 0. The monoisotopic (exact) mass is 274 g/mol. The number of rotatable bonds is 5. The Kier molecular flexibility index (Phi) is 6.06. The molecule has 1 aromatic rings. The Morgan fingerprint density at radius 1 is 1.15 bits per heavy atom. The molecule has 1 amide bonds. The molecule has 110 valence electrons. The van der Waals surface area contributed by atoms with E-state index in [1.807, 2.05) is 11.0 Å². The van der Waals surface area contributed by atoms with Crippen LogP contribution in [0.2, 0.25) is 0 Å². The highest BCUT2D eigenvalue weighted by Crippen LogP contribution is 2.13. The number of hydrogen-bond donors (Lipinski definition) is 1. The van der Waals surface area contributed by atoms with Crippen molar-refractivity contribution in [3.63, 3.8) is 0 Å². The number of nitrogens with zero attached hydrogens (tertiary/aromatic N) is 1. The van der Waals surface area contributed by atoms with Crippen molar-refractivity contribution in [1.82, 2.24) is 10.2 Å². The predicted molar refractivity (Wildman–Crippen MR) is 82.8 cm³/mol. The fraction of sp³-hybridized carbons (Fsp3) is 0.588. The van der Waals surface area contributed by atoms with Crippen molar-refractivity contribution in [1.29, 1.82) is 0 Å². The molecule has 0 aromatic heterocycles. The smallest absolute Gasteiger partial charge is 0.236 e. The summed E-state index contributed by atoms with van der Waals surface area (Å²) in [6, 6.07) is 10.4. The number of likely N-dealkylation sites (tertiary alicyclic amines) is 1. The minimum absolute atomic E-state index is 0.257. The van der Waals surface area contributed by atoms with Crippen LogP contribution in [0.3, 0.4) is 0 Å². The van der Waals surface area contributed by atoms with E-state index < -0.39 is 0 Å². The molecular weight excluding hydrogens is 248 g/mol. The van der Waals surface area contributed by atoms with Gasteiger partial charge in [0.25, 0.3) is 0 Å². The van der Waals surface area contributed by atoms with Gasteiger partial charge in [0.15, 0.2) is 0 Å². The number of benzene rings is 1. The van der Waals surface area contributed by atoms with E-state index in [1.165, 1.54) is 18.4 Å². The van der Waals surface area contributed by atoms with E-state index in [2.05, 4.69) is 36.5 Å². The summed E-state index contributed by atoms with van der Waals surface area (Å²) in [6.45, 7) is 5.39. The summed E-state index contributed by atoms with van der Waals surface area (Å²) in [5.74, 6) is 0.695. The van der Waals surface area contributed by atoms with Gasteiger partial charge in [0, 0.05) is 19.6 Å². The minimum Gasteiger partial charge on any atom is -0.342 e. The van der Waals surface area contributed by atoms with E-state index >= 15 is 0 Å². The predicted octanol–water partition coefficient (Wildman–Crippen LogP) is 2.78. The van der Waals surface area contributed by atoms with Crippen LogP contribution >= 0.6 is 0 Å². The lowest BCUT2D eigenvalue weighted by Crippen LogP contribution is -2.39. The highest BCUT2D eigenvalue weighted by atomic mass is 16.2. The first-order valence-electron chi connectivity index (χ1n) is 7.81. The van der Waals surface area contributed by atoms with Crippen LogP contribution in [0.15, 0.2) is 30.3 Å². The van der Waals surface area contributed by atoms with Crippen LogP contribution in [-0.4, -0.2) is 37.0 Å². The Morgan fingerprint density at radius 3 is 2.45 bits per heavy atom. The van der Waals surface area contributed by atoms with Crippen molar-refractivity contribution in [3.05, 3.63) is 35.9 Å². The number of carbonyl (C=O) groups excluding carboxylic acids is 1. The third kappa shape index (κ3) is 4.64. The fourth-order valence-electron chi connectivity index (χ4n) is 2.73. The molecule has 3 heteroatoms. The summed E-state index contributed by atoms with van der Waals surface area (Å²) in [4.78, 5) is 14.2. The van der Waals surface area contributed by atoms with E-state index in [0.29, 0.717) is 12.5 Å². The lowest BCUT2D eigenvalue weighted by molar-refractivity contribution is -0.130. The quantitative estimate of drug-likeness (QED) is 0.895. The lowest BCUT2D eigenvalue weighted by Gasteiger charge is -2.21. The van der Waals surface area contributed by atoms with Crippen LogP contribution in [-0.2, 0) is 4.79 Å². The molecule has 0 radical (unpaired) electrons. The molecule has 1 unspecified atom stereocenters. The van der Waals surface area contributed by atoms with Crippen LogP contribution in [0, 0.1) is 0 Å². The molecular formula is C17H26N2O. The van der Waals surface area contributed by atoms with E-state index in [1.54, 1.807) is 0 Å². The lowest BCUT2D eigenvalue weighted by atomic mass is 10.0. The molecule has 0 bridgehead atoms. The number of nitrogens with one attached hydrogen (secondary N) is 1. The van der Waals surface area contributed by atoms with Crippen LogP contribution < -0.4 is 5.32 Å². The molecule has 3 nitrogen and oxygen atoms in total. The molecule has 20 heavy (non-hydrogen) atoms.